The highest BCUT2D eigenvalue weighted by Gasteiger charge is 2.32. The number of rotatable bonds is 10. The van der Waals surface area contributed by atoms with Crippen LogP contribution in [-0.2, 0) is 22.8 Å². The highest BCUT2D eigenvalue weighted by molar-refractivity contribution is 9.13. The second kappa shape index (κ2) is 10.2. The topological polar surface area (TPSA) is 62.1 Å². The molecule has 5 nitrogen and oxygen atoms in total. The van der Waals surface area contributed by atoms with E-state index in [1.54, 1.807) is 0 Å². The third kappa shape index (κ3) is 7.77. The van der Waals surface area contributed by atoms with Crippen LogP contribution in [0.2, 0.25) is 25.7 Å². The average Bonchev–Trinajstić information content (AvgIpc) is 2.77. The van der Waals surface area contributed by atoms with Crippen LogP contribution in [-0.4, -0.2) is 33.5 Å². The van der Waals surface area contributed by atoms with Crippen molar-refractivity contribution in [3.63, 3.8) is 0 Å². The lowest BCUT2D eigenvalue weighted by Gasteiger charge is -2.27. The molecule has 0 saturated heterocycles. The van der Waals surface area contributed by atoms with Crippen molar-refractivity contribution >= 4 is 51.3 Å². The SMILES string of the molecule is C=CC[C@H](N[S@@+]([O-])C(C)(C)C)c1nc(Br)c(Br)n1COCC[Si](C)(C)C. The van der Waals surface area contributed by atoms with Crippen molar-refractivity contribution in [2.24, 2.45) is 0 Å². The summed E-state index contributed by atoms with van der Waals surface area (Å²) in [7, 11) is -1.13. The Bertz CT molecular complexity index is 600. The largest absolute Gasteiger partial charge is 0.598 e. The molecule has 0 spiro atoms. The molecule has 0 bridgehead atoms. The van der Waals surface area contributed by atoms with Crippen LogP contribution in [0, 0.1) is 0 Å². The summed E-state index contributed by atoms with van der Waals surface area (Å²) in [6.07, 6.45) is 2.43. The molecule has 150 valence electrons. The van der Waals surface area contributed by atoms with Crippen LogP contribution >= 0.6 is 31.9 Å². The third-order valence-electron chi connectivity index (χ3n) is 3.63. The zero-order valence-electron chi connectivity index (χ0n) is 16.6. The molecule has 1 rings (SSSR count). The van der Waals surface area contributed by atoms with Gasteiger partial charge in [-0.2, -0.15) is 0 Å². The molecule has 26 heavy (non-hydrogen) atoms. The number of halogens is 2. The van der Waals surface area contributed by atoms with Crippen molar-refractivity contribution < 1.29 is 9.29 Å². The van der Waals surface area contributed by atoms with Crippen molar-refractivity contribution in [2.45, 2.75) is 70.4 Å². The van der Waals surface area contributed by atoms with Gasteiger partial charge in [0.2, 0.25) is 0 Å². The van der Waals surface area contributed by atoms with Crippen LogP contribution in [0.5, 0.6) is 0 Å². The smallest absolute Gasteiger partial charge is 0.139 e. The first-order valence-electron chi connectivity index (χ1n) is 8.65. The zero-order chi connectivity index (χ0) is 20.1. The molecule has 0 aromatic carbocycles. The number of nitrogens with zero attached hydrogens (tertiary/aromatic N) is 2. The van der Waals surface area contributed by atoms with Crippen LogP contribution in [0.15, 0.2) is 21.9 Å². The van der Waals surface area contributed by atoms with E-state index in [1.165, 1.54) is 0 Å². The molecule has 0 fully saturated rings. The number of nitrogens with one attached hydrogen (secondary N) is 1. The molecule has 0 amide bonds. The van der Waals surface area contributed by atoms with Crippen molar-refractivity contribution in [1.29, 1.82) is 0 Å². The first kappa shape index (κ1) is 24.4. The number of aromatic nitrogens is 2. The van der Waals surface area contributed by atoms with Gasteiger partial charge in [-0.25, -0.2) is 4.98 Å². The Morgan fingerprint density at radius 1 is 1.38 bits per heavy atom. The van der Waals surface area contributed by atoms with E-state index in [-0.39, 0.29) is 10.8 Å². The number of ether oxygens (including phenoxy) is 1. The van der Waals surface area contributed by atoms with Gasteiger partial charge in [0.1, 0.15) is 32.6 Å². The van der Waals surface area contributed by atoms with Crippen LogP contribution in [0.4, 0.5) is 0 Å². The maximum Gasteiger partial charge on any atom is 0.139 e. The molecule has 0 radical (unpaired) electrons. The first-order valence-corrected chi connectivity index (χ1v) is 15.1. The van der Waals surface area contributed by atoms with Crippen LogP contribution < -0.4 is 4.72 Å². The van der Waals surface area contributed by atoms with Gasteiger partial charge in [-0.05, 0) is 65.1 Å². The van der Waals surface area contributed by atoms with Gasteiger partial charge in [-0.15, -0.1) is 11.3 Å². The molecule has 2 atom stereocenters. The van der Waals surface area contributed by atoms with Gasteiger partial charge in [0.15, 0.2) is 0 Å². The highest BCUT2D eigenvalue weighted by atomic mass is 79.9. The van der Waals surface area contributed by atoms with Gasteiger partial charge in [-0.1, -0.05) is 25.7 Å². The van der Waals surface area contributed by atoms with Gasteiger partial charge in [0, 0.05) is 26.0 Å². The van der Waals surface area contributed by atoms with E-state index >= 15 is 0 Å². The minimum atomic E-state index is -1.21. The highest BCUT2D eigenvalue weighted by Crippen LogP contribution is 2.30. The van der Waals surface area contributed by atoms with Crippen LogP contribution in [0.25, 0.3) is 0 Å². The van der Waals surface area contributed by atoms with E-state index in [0.717, 1.165) is 23.1 Å². The normalized spacial score (nSPS) is 15.1. The second-order valence-corrected chi connectivity index (χ2v) is 17.5. The summed E-state index contributed by atoms with van der Waals surface area (Å²) < 4.78 is 24.8. The van der Waals surface area contributed by atoms with Gasteiger partial charge >= 0.3 is 0 Å². The van der Waals surface area contributed by atoms with Gasteiger partial charge in [0.05, 0.1) is 0 Å². The van der Waals surface area contributed by atoms with E-state index in [0.29, 0.717) is 17.8 Å². The van der Waals surface area contributed by atoms with E-state index in [2.05, 4.69) is 67.8 Å². The number of hydrogen-bond acceptors (Lipinski definition) is 4. The lowest BCUT2D eigenvalue weighted by atomic mass is 10.2. The summed E-state index contributed by atoms with van der Waals surface area (Å²) >= 11 is 5.84. The summed E-state index contributed by atoms with van der Waals surface area (Å²) in [5.74, 6) is 0.772. The van der Waals surface area contributed by atoms with Crippen molar-refractivity contribution in [1.82, 2.24) is 14.3 Å². The Morgan fingerprint density at radius 2 is 2.00 bits per heavy atom. The quantitative estimate of drug-likeness (QED) is 0.191. The molecule has 1 aromatic heterocycles. The fourth-order valence-corrected chi connectivity index (χ4v) is 4.36. The molecule has 0 aliphatic carbocycles. The van der Waals surface area contributed by atoms with Crippen molar-refractivity contribution in [3.05, 3.63) is 27.7 Å². The first-order chi connectivity index (χ1) is 11.9. The Morgan fingerprint density at radius 3 is 2.50 bits per heavy atom. The Balaban J connectivity index is 2.97. The zero-order valence-corrected chi connectivity index (χ0v) is 21.6. The lowest BCUT2D eigenvalue weighted by molar-refractivity contribution is 0.0826. The van der Waals surface area contributed by atoms with Gasteiger partial charge in [0.25, 0.3) is 0 Å². The maximum absolute atomic E-state index is 12.6. The summed E-state index contributed by atoms with van der Waals surface area (Å²) in [5, 5.41) is 0. The van der Waals surface area contributed by atoms with E-state index in [4.69, 9.17) is 4.74 Å². The Hall–Kier alpha value is 0.357. The van der Waals surface area contributed by atoms with Crippen LogP contribution in [0.3, 0.4) is 0 Å². The molecule has 1 N–H and O–H groups in total. The minimum Gasteiger partial charge on any atom is -0.598 e. The third-order valence-corrected chi connectivity index (χ3v) is 8.84. The predicted molar refractivity (Wildman–Crippen MR) is 120 cm³/mol. The standard InChI is InChI=1S/C17H31Br2N3O2SSi/c1-8-9-13(21-25(23)17(2,3)4)16-20-14(18)15(19)22(16)12-24-10-11-26(5,6)7/h8,13,21H,1,9-12H2,2-7H3/t13-,25-/m0/s1. The maximum atomic E-state index is 12.6. The molecule has 9 heteroatoms. The van der Waals surface area contributed by atoms with E-state index in [1.807, 2.05) is 31.4 Å². The van der Waals surface area contributed by atoms with E-state index < -0.39 is 19.4 Å². The van der Waals surface area contributed by atoms with Crippen molar-refractivity contribution in [2.75, 3.05) is 6.61 Å². The molecular weight excluding hydrogens is 498 g/mol. The van der Waals surface area contributed by atoms with Gasteiger partial charge < -0.3 is 9.29 Å². The van der Waals surface area contributed by atoms with Crippen LogP contribution in [0.1, 0.15) is 39.1 Å². The monoisotopic (exact) mass is 527 g/mol. The fourth-order valence-electron chi connectivity index (χ4n) is 2.02. The fraction of sp³-hybridized carbons (Fsp3) is 0.706. The predicted octanol–water partition coefficient (Wildman–Crippen LogP) is 5.39. The lowest BCUT2D eigenvalue weighted by Crippen LogP contribution is -2.42. The van der Waals surface area contributed by atoms with Crippen molar-refractivity contribution in [3.8, 4) is 0 Å². The molecule has 1 aromatic rings. The molecule has 0 saturated carbocycles. The molecule has 1 heterocycles. The summed E-state index contributed by atoms with van der Waals surface area (Å²) in [6.45, 7) is 17.8. The second-order valence-electron chi connectivity index (χ2n) is 8.40. The summed E-state index contributed by atoms with van der Waals surface area (Å²) in [6, 6.07) is 0.897. The minimum absolute atomic E-state index is 0.212. The number of hydrogen-bond donors (Lipinski definition) is 1. The Labute approximate surface area is 178 Å². The summed E-state index contributed by atoms with van der Waals surface area (Å²) in [5.41, 5.74) is 0. The summed E-state index contributed by atoms with van der Waals surface area (Å²) in [4.78, 5) is 4.61. The number of imidazole rings is 1. The molecule has 0 aliphatic rings. The van der Waals surface area contributed by atoms with Gasteiger partial charge in [-0.3, -0.25) is 4.57 Å². The Kier molecular flexibility index (Phi) is 9.59. The molecule has 0 unspecified atom stereocenters. The average molecular weight is 529 g/mol. The molecule has 0 aliphatic heterocycles. The molecular formula is C17H31Br2N3O2SSi. The van der Waals surface area contributed by atoms with E-state index in [9.17, 15) is 4.55 Å².